The third kappa shape index (κ3) is 3.06. The molecule has 19 heavy (non-hydrogen) atoms. The Kier molecular flexibility index (Phi) is 3.76. The Morgan fingerprint density at radius 2 is 1.89 bits per heavy atom. The molecule has 0 saturated heterocycles. The van der Waals surface area contributed by atoms with E-state index in [-0.39, 0.29) is 17.1 Å². The van der Waals surface area contributed by atoms with Crippen LogP contribution in [0.15, 0.2) is 40.9 Å². The van der Waals surface area contributed by atoms with Crippen molar-refractivity contribution in [1.29, 1.82) is 0 Å². The van der Waals surface area contributed by atoms with E-state index in [2.05, 4.69) is 21.2 Å². The molecule has 0 spiro atoms. The molecular weight excluding hydrogens is 310 g/mol. The van der Waals surface area contributed by atoms with Crippen LogP contribution >= 0.6 is 15.9 Å². The molecule has 0 heterocycles. The third-order valence-electron chi connectivity index (χ3n) is 2.59. The van der Waals surface area contributed by atoms with Gasteiger partial charge in [-0.1, -0.05) is 6.07 Å². The van der Waals surface area contributed by atoms with Crippen molar-refractivity contribution in [3.05, 3.63) is 52.0 Å². The van der Waals surface area contributed by atoms with Crippen molar-refractivity contribution in [3.8, 4) is 11.5 Å². The molecule has 0 aliphatic rings. The van der Waals surface area contributed by atoms with Gasteiger partial charge in [0.25, 0.3) is 5.91 Å². The molecule has 98 valence electrons. The molecule has 0 unspecified atom stereocenters. The van der Waals surface area contributed by atoms with E-state index >= 15 is 0 Å². The lowest BCUT2D eigenvalue weighted by Crippen LogP contribution is -2.12. The molecule has 0 aromatic heterocycles. The van der Waals surface area contributed by atoms with E-state index in [4.69, 9.17) is 0 Å². The second-order valence-corrected chi connectivity index (χ2v) is 4.99. The zero-order valence-corrected chi connectivity index (χ0v) is 11.7. The maximum atomic E-state index is 12.0. The van der Waals surface area contributed by atoms with Crippen LogP contribution in [0.3, 0.4) is 0 Å². The van der Waals surface area contributed by atoms with Crippen LogP contribution < -0.4 is 5.32 Å². The van der Waals surface area contributed by atoms with E-state index in [0.717, 1.165) is 10.0 Å². The SMILES string of the molecule is Cc1ccc(Br)c(NC(=O)c2cc(O)ccc2O)c1. The van der Waals surface area contributed by atoms with E-state index in [1.54, 1.807) is 0 Å². The van der Waals surface area contributed by atoms with Gasteiger partial charge in [0.2, 0.25) is 0 Å². The van der Waals surface area contributed by atoms with Crippen LogP contribution in [0.25, 0.3) is 0 Å². The van der Waals surface area contributed by atoms with Crippen molar-refractivity contribution in [3.63, 3.8) is 0 Å². The number of rotatable bonds is 2. The van der Waals surface area contributed by atoms with Crippen LogP contribution in [0.5, 0.6) is 11.5 Å². The Morgan fingerprint density at radius 1 is 1.16 bits per heavy atom. The van der Waals surface area contributed by atoms with Crippen molar-refractivity contribution in [2.45, 2.75) is 6.92 Å². The molecule has 5 heteroatoms. The topological polar surface area (TPSA) is 69.6 Å². The van der Waals surface area contributed by atoms with Crippen molar-refractivity contribution < 1.29 is 15.0 Å². The molecule has 0 bridgehead atoms. The Bertz CT molecular complexity index is 641. The van der Waals surface area contributed by atoms with E-state index in [9.17, 15) is 15.0 Å². The van der Waals surface area contributed by atoms with Gasteiger partial charge in [0.15, 0.2) is 0 Å². The van der Waals surface area contributed by atoms with Crippen molar-refractivity contribution in [1.82, 2.24) is 0 Å². The first-order chi connectivity index (χ1) is 8.97. The number of amides is 1. The molecule has 0 aliphatic carbocycles. The number of carbonyl (C=O) groups excluding carboxylic acids is 1. The Morgan fingerprint density at radius 3 is 2.63 bits per heavy atom. The van der Waals surface area contributed by atoms with Gasteiger partial charge >= 0.3 is 0 Å². The van der Waals surface area contributed by atoms with Crippen molar-refractivity contribution in [2.75, 3.05) is 5.32 Å². The third-order valence-corrected chi connectivity index (χ3v) is 3.29. The number of aromatic hydroxyl groups is 2. The van der Waals surface area contributed by atoms with E-state index in [1.165, 1.54) is 18.2 Å². The number of phenols is 2. The summed E-state index contributed by atoms with van der Waals surface area (Å²) in [5.41, 5.74) is 1.62. The van der Waals surface area contributed by atoms with Crippen LogP contribution in [-0.2, 0) is 0 Å². The number of phenolic OH excluding ortho intramolecular Hbond substituents is 2. The summed E-state index contributed by atoms with van der Waals surface area (Å²) in [7, 11) is 0. The molecule has 3 N–H and O–H groups in total. The van der Waals surface area contributed by atoms with Gasteiger partial charge in [-0.25, -0.2) is 0 Å². The Hall–Kier alpha value is -2.01. The molecule has 2 aromatic rings. The van der Waals surface area contributed by atoms with Gasteiger partial charge in [-0.15, -0.1) is 0 Å². The summed E-state index contributed by atoms with van der Waals surface area (Å²) < 4.78 is 0.742. The van der Waals surface area contributed by atoms with Gasteiger partial charge in [-0.3, -0.25) is 4.79 Å². The van der Waals surface area contributed by atoms with Crippen molar-refractivity contribution >= 4 is 27.5 Å². The maximum Gasteiger partial charge on any atom is 0.259 e. The minimum atomic E-state index is -0.486. The summed E-state index contributed by atoms with van der Waals surface area (Å²) in [5, 5.41) is 21.7. The molecule has 0 aliphatic heterocycles. The number of nitrogens with one attached hydrogen (secondary N) is 1. The zero-order valence-electron chi connectivity index (χ0n) is 10.1. The lowest BCUT2D eigenvalue weighted by atomic mass is 10.1. The van der Waals surface area contributed by atoms with E-state index < -0.39 is 5.91 Å². The number of aryl methyl sites for hydroxylation is 1. The van der Waals surface area contributed by atoms with Crippen LogP contribution in [0.1, 0.15) is 15.9 Å². The standard InChI is InChI=1S/C14H12BrNO3/c1-8-2-4-11(15)12(6-8)16-14(19)10-7-9(17)3-5-13(10)18/h2-7,17-18H,1H3,(H,16,19). The maximum absolute atomic E-state index is 12.0. The first kappa shape index (κ1) is 13.4. The van der Waals surface area contributed by atoms with Gasteiger partial charge in [0.05, 0.1) is 11.3 Å². The quantitative estimate of drug-likeness (QED) is 0.742. The highest BCUT2D eigenvalue weighted by Gasteiger charge is 2.13. The van der Waals surface area contributed by atoms with Gasteiger partial charge in [0, 0.05) is 4.47 Å². The normalized spacial score (nSPS) is 10.2. The molecule has 2 aromatic carbocycles. The largest absolute Gasteiger partial charge is 0.508 e. The lowest BCUT2D eigenvalue weighted by Gasteiger charge is -2.09. The predicted octanol–water partition coefficient (Wildman–Crippen LogP) is 3.42. The van der Waals surface area contributed by atoms with Gasteiger partial charge < -0.3 is 15.5 Å². The summed E-state index contributed by atoms with van der Waals surface area (Å²) >= 11 is 3.34. The van der Waals surface area contributed by atoms with Crippen LogP contribution in [-0.4, -0.2) is 16.1 Å². The fourth-order valence-corrected chi connectivity index (χ4v) is 1.98. The molecular formula is C14H12BrNO3. The van der Waals surface area contributed by atoms with Crippen LogP contribution in [0, 0.1) is 6.92 Å². The summed E-state index contributed by atoms with van der Waals surface area (Å²) in [4.78, 5) is 12.0. The number of halogens is 1. The lowest BCUT2D eigenvalue weighted by molar-refractivity contribution is 0.102. The second-order valence-electron chi connectivity index (χ2n) is 4.14. The number of hydrogen-bond acceptors (Lipinski definition) is 3. The molecule has 2 rings (SSSR count). The van der Waals surface area contributed by atoms with Gasteiger partial charge in [-0.05, 0) is 58.7 Å². The highest BCUT2D eigenvalue weighted by Crippen LogP contribution is 2.26. The minimum Gasteiger partial charge on any atom is -0.508 e. The number of hydrogen-bond donors (Lipinski definition) is 3. The smallest absolute Gasteiger partial charge is 0.259 e. The summed E-state index contributed by atoms with van der Waals surface area (Å²) in [5.74, 6) is -0.745. The zero-order chi connectivity index (χ0) is 14.0. The highest BCUT2D eigenvalue weighted by atomic mass is 79.9. The molecule has 4 nitrogen and oxygen atoms in total. The van der Waals surface area contributed by atoms with Crippen LogP contribution in [0.4, 0.5) is 5.69 Å². The second kappa shape index (κ2) is 5.32. The average molecular weight is 322 g/mol. The van der Waals surface area contributed by atoms with Gasteiger partial charge in [-0.2, -0.15) is 0 Å². The Labute approximate surface area is 118 Å². The molecule has 0 radical (unpaired) electrons. The predicted molar refractivity (Wildman–Crippen MR) is 76.6 cm³/mol. The van der Waals surface area contributed by atoms with E-state index in [0.29, 0.717) is 5.69 Å². The minimum absolute atomic E-state index is 0.0217. The first-order valence-corrected chi connectivity index (χ1v) is 6.36. The molecule has 1 amide bonds. The summed E-state index contributed by atoms with van der Waals surface area (Å²) in [6.45, 7) is 1.91. The fraction of sp³-hybridized carbons (Fsp3) is 0.0714. The Balaban J connectivity index is 2.30. The first-order valence-electron chi connectivity index (χ1n) is 5.57. The average Bonchev–Trinajstić information content (AvgIpc) is 2.36. The molecule has 0 atom stereocenters. The monoisotopic (exact) mass is 321 g/mol. The van der Waals surface area contributed by atoms with Gasteiger partial charge in [0.1, 0.15) is 11.5 Å². The number of anilines is 1. The number of carbonyl (C=O) groups is 1. The fourth-order valence-electron chi connectivity index (χ4n) is 1.63. The summed E-state index contributed by atoms with van der Waals surface area (Å²) in [6, 6.07) is 9.35. The molecule has 0 fully saturated rings. The van der Waals surface area contributed by atoms with Crippen LogP contribution in [0.2, 0.25) is 0 Å². The number of benzene rings is 2. The molecule has 0 saturated carbocycles. The van der Waals surface area contributed by atoms with E-state index in [1.807, 2.05) is 25.1 Å². The van der Waals surface area contributed by atoms with Crippen molar-refractivity contribution in [2.24, 2.45) is 0 Å². The summed E-state index contributed by atoms with van der Waals surface area (Å²) in [6.07, 6.45) is 0. The highest BCUT2D eigenvalue weighted by molar-refractivity contribution is 9.10.